The molecule has 0 N–H and O–H groups in total. The molecule has 1 atom stereocenters. The summed E-state index contributed by atoms with van der Waals surface area (Å²) in [6.45, 7) is 2.85. The second-order valence-electron chi connectivity index (χ2n) is 5.74. The summed E-state index contributed by atoms with van der Waals surface area (Å²) in [6.07, 6.45) is 6.22. The molecule has 2 aliphatic heterocycles. The molecule has 6 nitrogen and oxygen atoms in total. The van der Waals surface area contributed by atoms with E-state index in [4.69, 9.17) is 5.26 Å². The molecule has 20 heavy (non-hydrogen) atoms. The number of likely N-dealkylation sites (tertiary alicyclic amines) is 2. The van der Waals surface area contributed by atoms with E-state index in [1.807, 2.05) is 16.6 Å². The first-order chi connectivity index (χ1) is 9.67. The molecule has 0 bridgehead atoms. The minimum atomic E-state index is 0.268. The lowest BCUT2D eigenvalue weighted by molar-refractivity contribution is -0.135. The average Bonchev–Trinajstić information content (AvgIpc) is 2.86. The van der Waals surface area contributed by atoms with E-state index in [1.54, 1.807) is 12.4 Å². The molecule has 0 radical (unpaired) electrons. The molecule has 0 aliphatic carbocycles. The van der Waals surface area contributed by atoms with E-state index in [9.17, 15) is 4.79 Å². The van der Waals surface area contributed by atoms with Gasteiger partial charge in [0.25, 0.3) is 0 Å². The van der Waals surface area contributed by atoms with Crippen LogP contribution in [-0.2, 0) is 4.79 Å². The third-order valence-corrected chi connectivity index (χ3v) is 4.38. The van der Waals surface area contributed by atoms with Crippen LogP contribution in [-0.4, -0.2) is 58.2 Å². The Balaban J connectivity index is 1.51. The highest BCUT2D eigenvalue weighted by atomic mass is 16.2. The topological polar surface area (TPSA) is 65.2 Å². The van der Waals surface area contributed by atoms with E-state index in [-0.39, 0.29) is 5.91 Å². The van der Waals surface area contributed by atoms with E-state index in [2.05, 4.69) is 16.1 Å². The van der Waals surface area contributed by atoms with Gasteiger partial charge in [-0.25, -0.2) is 0 Å². The molecule has 2 aliphatic rings. The lowest BCUT2D eigenvalue weighted by Gasteiger charge is -2.43. The van der Waals surface area contributed by atoms with Crippen LogP contribution < -0.4 is 0 Å². The zero-order chi connectivity index (χ0) is 14.1. The van der Waals surface area contributed by atoms with Crippen molar-refractivity contribution in [2.45, 2.75) is 31.3 Å². The number of amides is 1. The van der Waals surface area contributed by atoms with Gasteiger partial charge in [-0.15, -0.1) is 0 Å². The predicted octanol–water partition coefficient (Wildman–Crippen LogP) is 0.622. The minimum Gasteiger partial charge on any atom is -0.341 e. The van der Waals surface area contributed by atoms with Crippen molar-refractivity contribution in [3.63, 3.8) is 0 Å². The summed E-state index contributed by atoms with van der Waals surface area (Å²) >= 11 is 0. The SMILES string of the molecule is CN1C(=O)CCCC1CN1CC(n2cc(C#N)cn2)C1. The molecule has 2 saturated heterocycles. The molecular weight excluding hydrogens is 254 g/mol. The summed E-state index contributed by atoms with van der Waals surface area (Å²) in [5.41, 5.74) is 0.612. The number of hydrogen-bond acceptors (Lipinski definition) is 4. The number of rotatable bonds is 3. The standard InChI is InChI=1S/C14H19N5O/c1-17-12(3-2-4-14(17)20)8-18-9-13(10-18)19-7-11(5-15)6-16-19/h6-7,12-13H,2-4,8-10H2,1H3. The average molecular weight is 273 g/mol. The molecule has 0 spiro atoms. The van der Waals surface area contributed by atoms with Crippen molar-refractivity contribution < 1.29 is 4.79 Å². The van der Waals surface area contributed by atoms with Gasteiger partial charge in [-0.1, -0.05) is 0 Å². The van der Waals surface area contributed by atoms with Crippen LogP contribution in [0.2, 0.25) is 0 Å². The summed E-state index contributed by atoms with van der Waals surface area (Å²) in [5.74, 6) is 0.268. The molecule has 1 unspecified atom stereocenters. The number of carbonyl (C=O) groups excluding carboxylic acids is 1. The molecule has 1 amide bonds. The highest BCUT2D eigenvalue weighted by Crippen LogP contribution is 2.24. The second-order valence-corrected chi connectivity index (χ2v) is 5.74. The van der Waals surface area contributed by atoms with Gasteiger partial charge in [0.1, 0.15) is 6.07 Å². The third kappa shape index (κ3) is 2.41. The van der Waals surface area contributed by atoms with Gasteiger partial charge in [-0.2, -0.15) is 10.4 Å². The molecule has 3 rings (SSSR count). The maximum Gasteiger partial charge on any atom is 0.222 e. The van der Waals surface area contributed by atoms with Gasteiger partial charge in [0.2, 0.25) is 5.91 Å². The fourth-order valence-corrected chi connectivity index (χ4v) is 3.03. The maximum absolute atomic E-state index is 11.7. The van der Waals surface area contributed by atoms with E-state index >= 15 is 0 Å². The lowest BCUT2D eigenvalue weighted by Crippen LogP contribution is -2.54. The van der Waals surface area contributed by atoms with Gasteiger partial charge in [-0.05, 0) is 12.8 Å². The quantitative estimate of drug-likeness (QED) is 0.810. The highest BCUT2D eigenvalue weighted by molar-refractivity contribution is 5.76. The Hall–Kier alpha value is -1.87. The Morgan fingerprint density at radius 3 is 3.00 bits per heavy atom. The van der Waals surface area contributed by atoms with E-state index < -0.39 is 0 Å². The smallest absolute Gasteiger partial charge is 0.222 e. The Kier molecular flexibility index (Phi) is 3.45. The maximum atomic E-state index is 11.7. The molecule has 2 fully saturated rings. The Morgan fingerprint density at radius 2 is 2.30 bits per heavy atom. The second kappa shape index (κ2) is 5.25. The number of likely N-dealkylation sites (N-methyl/N-ethyl adjacent to an activating group) is 1. The molecule has 106 valence electrons. The Labute approximate surface area is 118 Å². The summed E-state index contributed by atoms with van der Waals surface area (Å²) in [4.78, 5) is 15.9. The van der Waals surface area contributed by atoms with E-state index in [0.29, 0.717) is 24.1 Å². The van der Waals surface area contributed by atoms with Crippen LogP contribution in [0.15, 0.2) is 12.4 Å². The van der Waals surface area contributed by atoms with Crippen LogP contribution in [0.1, 0.15) is 30.9 Å². The molecule has 0 aromatic carbocycles. The fraction of sp³-hybridized carbons (Fsp3) is 0.643. The Bertz CT molecular complexity index is 540. The van der Waals surface area contributed by atoms with Crippen LogP contribution in [0.3, 0.4) is 0 Å². The van der Waals surface area contributed by atoms with Crippen molar-refractivity contribution in [2.24, 2.45) is 0 Å². The number of nitrogens with zero attached hydrogens (tertiary/aromatic N) is 5. The van der Waals surface area contributed by atoms with Crippen LogP contribution in [0.4, 0.5) is 0 Å². The molecule has 6 heteroatoms. The zero-order valence-corrected chi connectivity index (χ0v) is 11.7. The first kappa shape index (κ1) is 13.1. The van der Waals surface area contributed by atoms with Crippen LogP contribution in [0.25, 0.3) is 0 Å². The van der Waals surface area contributed by atoms with Crippen molar-refractivity contribution in [1.29, 1.82) is 5.26 Å². The molecule has 1 aromatic rings. The largest absolute Gasteiger partial charge is 0.341 e. The van der Waals surface area contributed by atoms with Crippen molar-refractivity contribution in [2.75, 3.05) is 26.7 Å². The van der Waals surface area contributed by atoms with Gasteiger partial charge in [0, 0.05) is 45.3 Å². The monoisotopic (exact) mass is 273 g/mol. The van der Waals surface area contributed by atoms with Gasteiger partial charge < -0.3 is 4.90 Å². The molecule has 1 aromatic heterocycles. The van der Waals surface area contributed by atoms with Gasteiger partial charge in [-0.3, -0.25) is 14.4 Å². The van der Waals surface area contributed by atoms with Crippen molar-refractivity contribution in [1.82, 2.24) is 19.6 Å². The normalized spacial score (nSPS) is 24.5. The Morgan fingerprint density at radius 1 is 1.50 bits per heavy atom. The van der Waals surface area contributed by atoms with Gasteiger partial charge >= 0.3 is 0 Å². The van der Waals surface area contributed by atoms with E-state index in [1.165, 1.54) is 0 Å². The minimum absolute atomic E-state index is 0.268. The first-order valence-corrected chi connectivity index (χ1v) is 7.09. The van der Waals surface area contributed by atoms with Crippen LogP contribution in [0, 0.1) is 11.3 Å². The summed E-state index contributed by atoms with van der Waals surface area (Å²) in [5, 5.41) is 13.0. The predicted molar refractivity (Wildman–Crippen MR) is 72.8 cm³/mol. The zero-order valence-electron chi connectivity index (χ0n) is 11.7. The molecule has 3 heterocycles. The lowest BCUT2D eigenvalue weighted by atomic mass is 9.99. The fourth-order valence-electron chi connectivity index (χ4n) is 3.03. The number of carbonyl (C=O) groups is 1. The van der Waals surface area contributed by atoms with Gasteiger partial charge in [0.05, 0.1) is 17.8 Å². The number of aromatic nitrogens is 2. The van der Waals surface area contributed by atoms with E-state index in [0.717, 1.165) is 32.5 Å². The van der Waals surface area contributed by atoms with Crippen LogP contribution >= 0.6 is 0 Å². The number of hydrogen-bond donors (Lipinski definition) is 0. The summed E-state index contributed by atoms with van der Waals surface area (Å²) in [6, 6.07) is 2.81. The molecular formula is C14H19N5O. The molecule has 0 saturated carbocycles. The van der Waals surface area contributed by atoms with Crippen molar-refractivity contribution in [3.05, 3.63) is 18.0 Å². The van der Waals surface area contributed by atoms with Crippen molar-refractivity contribution in [3.8, 4) is 6.07 Å². The highest BCUT2D eigenvalue weighted by Gasteiger charge is 2.33. The summed E-state index contributed by atoms with van der Waals surface area (Å²) in [7, 11) is 1.91. The van der Waals surface area contributed by atoms with Crippen molar-refractivity contribution >= 4 is 5.91 Å². The van der Waals surface area contributed by atoms with Gasteiger partial charge in [0.15, 0.2) is 0 Å². The number of nitriles is 1. The number of piperidine rings is 1. The summed E-state index contributed by atoms with van der Waals surface area (Å²) < 4.78 is 1.88. The first-order valence-electron chi connectivity index (χ1n) is 7.09. The third-order valence-electron chi connectivity index (χ3n) is 4.38. The van der Waals surface area contributed by atoms with Crippen LogP contribution in [0.5, 0.6) is 0 Å².